The van der Waals surface area contributed by atoms with E-state index in [0.29, 0.717) is 12.1 Å². The maximum Gasteiger partial charge on any atom is 0.101 e. The summed E-state index contributed by atoms with van der Waals surface area (Å²) in [5, 5.41) is 13.0. The predicted molar refractivity (Wildman–Crippen MR) is 86.3 cm³/mol. The predicted octanol–water partition coefficient (Wildman–Crippen LogP) is 3.58. The number of hydrogen-bond donors (Lipinski definition) is 1. The van der Waals surface area contributed by atoms with Crippen LogP contribution in [0.3, 0.4) is 0 Å². The van der Waals surface area contributed by atoms with Gasteiger partial charge in [0.2, 0.25) is 0 Å². The molecule has 0 atom stereocenters. The summed E-state index contributed by atoms with van der Waals surface area (Å²) in [6.45, 7) is 4.19. The Morgan fingerprint density at radius 3 is 2.71 bits per heavy atom. The quantitative estimate of drug-likeness (QED) is 0.792. The van der Waals surface area contributed by atoms with E-state index in [2.05, 4.69) is 41.4 Å². The molecule has 0 saturated heterocycles. The molecule has 0 aromatic heterocycles. The van der Waals surface area contributed by atoms with E-state index in [1.54, 1.807) is 0 Å². The lowest BCUT2D eigenvalue weighted by Gasteiger charge is -2.26. The maximum absolute atomic E-state index is 9.51. The standard InChI is InChI=1S/C18H25N3/c1-2-3-10-21(17-7-8-17)18-9-4-14(11-15(18)12-19)13-20-16-5-6-16/h4,9,11,16-17,20H,2-3,5-8,10,13H2,1H3. The third-order valence-electron chi connectivity index (χ3n) is 4.40. The van der Waals surface area contributed by atoms with Gasteiger partial charge in [-0.25, -0.2) is 0 Å². The average molecular weight is 283 g/mol. The maximum atomic E-state index is 9.51. The Hall–Kier alpha value is -1.53. The summed E-state index contributed by atoms with van der Waals surface area (Å²) in [7, 11) is 0. The first-order valence-electron chi connectivity index (χ1n) is 8.35. The summed E-state index contributed by atoms with van der Waals surface area (Å²) >= 11 is 0. The van der Waals surface area contributed by atoms with Crippen molar-refractivity contribution in [1.82, 2.24) is 5.32 Å². The fraction of sp³-hybridized carbons (Fsp3) is 0.611. The van der Waals surface area contributed by atoms with Crippen LogP contribution in [0.25, 0.3) is 0 Å². The van der Waals surface area contributed by atoms with Crippen molar-refractivity contribution in [3.8, 4) is 6.07 Å². The summed E-state index contributed by atoms with van der Waals surface area (Å²) in [4.78, 5) is 2.46. The molecule has 0 unspecified atom stereocenters. The molecule has 2 saturated carbocycles. The van der Waals surface area contributed by atoms with E-state index in [0.717, 1.165) is 24.3 Å². The molecule has 112 valence electrons. The Bertz CT molecular complexity index is 524. The zero-order valence-corrected chi connectivity index (χ0v) is 12.9. The molecular weight excluding hydrogens is 258 g/mol. The number of anilines is 1. The van der Waals surface area contributed by atoms with Crippen molar-refractivity contribution in [2.45, 2.75) is 64.1 Å². The van der Waals surface area contributed by atoms with Crippen LogP contribution in [-0.4, -0.2) is 18.6 Å². The van der Waals surface area contributed by atoms with Gasteiger partial charge < -0.3 is 10.2 Å². The highest BCUT2D eigenvalue weighted by Gasteiger charge is 2.30. The van der Waals surface area contributed by atoms with Crippen LogP contribution < -0.4 is 10.2 Å². The van der Waals surface area contributed by atoms with Gasteiger partial charge in [0.25, 0.3) is 0 Å². The van der Waals surface area contributed by atoms with Crippen molar-refractivity contribution in [3.63, 3.8) is 0 Å². The van der Waals surface area contributed by atoms with Gasteiger partial charge in [0.15, 0.2) is 0 Å². The van der Waals surface area contributed by atoms with Gasteiger partial charge in [-0.05, 0) is 49.8 Å². The van der Waals surface area contributed by atoms with E-state index in [1.165, 1.54) is 44.1 Å². The lowest BCUT2D eigenvalue weighted by atomic mass is 10.1. The molecule has 3 nitrogen and oxygen atoms in total. The summed E-state index contributed by atoms with van der Waals surface area (Å²) in [5.41, 5.74) is 3.21. The molecule has 3 heteroatoms. The van der Waals surface area contributed by atoms with Crippen molar-refractivity contribution in [3.05, 3.63) is 29.3 Å². The van der Waals surface area contributed by atoms with Gasteiger partial charge >= 0.3 is 0 Å². The summed E-state index contributed by atoms with van der Waals surface area (Å²) in [5.74, 6) is 0. The fourth-order valence-electron chi connectivity index (χ4n) is 2.80. The van der Waals surface area contributed by atoms with Crippen molar-refractivity contribution < 1.29 is 0 Å². The highest BCUT2D eigenvalue weighted by Crippen LogP contribution is 2.34. The van der Waals surface area contributed by atoms with Gasteiger partial charge in [0.05, 0.1) is 11.3 Å². The van der Waals surface area contributed by atoms with Crippen LogP contribution in [0.1, 0.15) is 56.6 Å². The second kappa shape index (κ2) is 6.49. The molecule has 0 heterocycles. The Morgan fingerprint density at radius 1 is 1.29 bits per heavy atom. The number of nitrogens with one attached hydrogen (secondary N) is 1. The van der Waals surface area contributed by atoms with Crippen LogP contribution >= 0.6 is 0 Å². The Morgan fingerprint density at radius 2 is 2.10 bits per heavy atom. The number of rotatable bonds is 8. The van der Waals surface area contributed by atoms with Gasteiger partial charge in [0.1, 0.15) is 6.07 Å². The van der Waals surface area contributed by atoms with Gasteiger partial charge in [-0.15, -0.1) is 0 Å². The van der Waals surface area contributed by atoms with Gasteiger partial charge in [0, 0.05) is 25.2 Å². The molecule has 2 aliphatic rings. The molecule has 0 amide bonds. The summed E-state index contributed by atoms with van der Waals surface area (Å²) in [6.07, 6.45) is 7.56. The van der Waals surface area contributed by atoms with Crippen LogP contribution in [0.4, 0.5) is 5.69 Å². The molecule has 21 heavy (non-hydrogen) atoms. The normalized spacial score (nSPS) is 17.5. The van der Waals surface area contributed by atoms with Crippen LogP contribution in [0.5, 0.6) is 0 Å². The minimum absolute atomic E-state index is 0.666. The average Bonchev–Trinajstić information content (AvgIpc) is 3.39. The monoisotopic (exact) mass is 283 g/mol. The zero-order valence-electron chi connectivity index (χ0n) is 12.9. The van der Waals surface area contributed by atoms with Crippen molar-refractivity contribution in [1.29, 1.82) is 5.26 Å². The number of benzene rings is 1. The first kappa shape index (κ1) is 14.4. The zero-order chi connectivity index (χ0) is 14.7. The highest BCUT2D eigenvalue weighted by molar-refractivity contribution is 5.61. The third-order valence-corrected chi connectivity index (χ3v) is 4.40. The van der Waals surface area contributed by atoms with Gasteiger partial charge in [-0.2, -0.15) is 5.26 Å². The number of nitrogens with zero attached hydrogens (tertiary/aromatic N) is 2. The summed E-state index contributed by atoms with van der Waals surface area (Å²) in [6, 6.07) is 10.2. The highest BCUT2D eigenvalue weighted by atomic mass is 15.2. The summed E-state index contributed by atoms with van der Waals surface area (Å²) < 4.78 is 0. The number of unbranched alkanes of at least 4 members (excludes halogenated alkanes) is 1. The van der Waals surface area contributed by atoms with E-state index in [-0.39, 0.29) is 0 Å². The minimum atomic E-state index is 0.666. The van der Waals surface area contributed by atoms with E-state index in [1.807, 2.05) is 0 Å². The van der Waals surface area contributed by atoms with E-state index in [9.17, 15) is 5.26 Å². The first-order chi connectivity index (χ1) is 10.3. The molecule has 3 rings (SSSR count). The number of hydrogen-bond acceptors (Lipinski definition) is 3. The van der Waals surface area contributed by atoms with Gasteiger partial charge in [-0.1, -0.05) is 19.4 Å². The van der Waals surface area contributed by atoms with Gasteiger partial charge in [-0.3, -0.25) is 0 Å². The molecule has 0 radical (unpaired) electrons. The van der Waals surface area contributed by atoms with E-state index >= 15 is 0 Å². The first-order valence-corrected chi connectivity index (χ1v) is 8.35. The lowest BCUT2D eigenvalue weighted by Crippen LogP contribution is -2.27. The molecule has 2 aliphatic carbocycles. The lowest BCUT2D eigenvalue weighted by molar-refractivity contribution is 0.686. The molecule has 1 N–H and O–H groups in total. The largest absolute Gasteiger partial charge is 0.367 e. The number of nitriles is 1. The molecular formula is C18H25N3. The molecule has 1 aromatic rings. The minimum Gasteiger partial charge on any atom is -0.367 e. The second-order valence-corrected chi connectivity index (χ2v) is 6.40. The topological polar surface area (TPSA) is 39.1 Å². The smallest absolute Gasteiger partial charge is 0.101 e. The van der Waals surface area contributed by atoms with E-state index < -0.39 is 0 Å². The molecule has 0 aliphatic heterocycles. The van der Waals surface area contributed by atoms with Crippen molar-refractivity contribution in [2.75, 3.05) is 11.4 Å². The van der Waals surface area contributed by atoms with E-state index in [4.69, 9.17) is 0 Å². The van der Waals surface area contributed by atoms with Crippen molar-refractivity contribution in [2.24, 2.45) is 0 Å². The second-order valence-electron chi connectivity index (χ2n) is 6.40. The van der Waals surface area contributed by atoms with Crippen LogP contribution in [-0.2, 0) is 6.54 Å². The van der Waals surface area contributed by atoms with Crippen LogP contribution in [0.15, 0.2) is 18.2 Å². The van der Waals surface area contributed by atoms with Crippen molar-refractivity contribution >= 4 is 5.69 Å². The molecule has 2 fully saturated rings. The molecule has 0 spiro atoms. The van der Waals surface area contributed by atoms with Crippen LogP contribution in [0.2, 0.25) is 0 Å². The Balaban J connectivity index is 1.74. The fourth-order valence-corrected chi connectivity index (χ4v) is 2.80. The van der Waals surface area contributed by atoms with Crippen LogP contribution in [0, 0.1) is 11.3 Å². The Labute approximate surface area is 128 Å². The SMILES string of the molecule is CCCCN(c1ccc(CNC2CC2)cc1C#N)C1CC1. The third kappa shape index (κ3) is 3.77. The molecule has 0 bridgehead atoms. The Kier molecular flexibility index (Phi) is 4.45. The molecule has 1 aromatic carbocycles.